The van der Waals surface area contributed by atoms with E-state index in [0.29, 0.717) is 23.9 Å². The molecule has 2 aromatic rings. The average molecular weight is 593 g/mol. The van der Waals surface area contributed by atoms with Crippen LogP contribution in [0.2, 0.25) is 0 Å². The van der Waals surface area contributed by atoms with E-state index in [1.54, 1.807) is 23.1 Å². The Morgan fingerprint density at radius 3 is 2.40 bits per heavy atom. The zero-order valence-corrected chi connectivity index (χ0v) is 25.1. The minimum absolute atomic E-state index is 0.00471. The van der Waals surface area contributed by atoms with Gasteiger partial charge in [-0.2, -0.15) is 0 Å². The maximum atomic E-state index is 13.0. The fourth-order valence-electron chi connectivity index (χ4n) is 6.57. The molecule has 4 rings (SSSR count). The number of amides is 1. The predicted molar refractivity (Wildman–Crippen MR) is 165 cm³/mol. The Balaban J connectivity index is 1.34. The van der Waals surface area contributed by atoms with Crippen molar-refractivity contribution in [2.75, 3.05) is 26.2 Å². The summed E-state index contributed by atoms with van der Waals surface area (Å²) < 4.78 is 5.58. The normalized spacial score (nSPS) is 21.8. The van der Waals surface area contributed by atoms with Crippen LogP contribution in [-0.4, -0.2) is 76.2 Å². The molecule has 10 nitrogen and oxygen atoms in total. The van der Waals surface area contributed by atoms with Crippen LogP contribution in [0.15, 0.2) is 67.3 Å². The molecular weight excluding hydrogens is 548 g/mol. The monoisotopic (exact) mass is 592 g/mol. The third-order valence-corrected chi connectivity index (χ3v) is 8.83. The van der Waals surface area contributed by atoms with Crippen molar-refractivity contribution in [1.29, 1.82) is 0 Å². The molecule has 1 aliphatic carbocycles. The molecule has 232 valence electrons. The Bertz CT molecular complexity index is 1230. The second kappa shape index (κ2) is 15.1. The first-order valence-electron chi connectivity index (χ1n) is 15.2. The summed E-state index contributed by atoms with van der Waals surface area (Å²) in [5, 5.41) is 24.1. The number of hydrogen-bond donors (Lipinski definition) is 2. The van der Waals surface area contributed by atoms with Gasteiger partial charge in [0.05, 0.1) is 4.92 Å². The summed E-state index contributed by atoms with van der Waals surface area (Å²) in [6.45, 7) is 10.8. The van der Waals surface area contributed by atoms with Crippen LogP contribution in [-0.2, 0) is 16.1 Å². The fraction of sp³-hybridized carbons (Fsp3) is 0.515. The molecule has 1 amide bonds. The summed E-state index contributed by atoms with van der Waals surface area (Å²) in [4.78, 5) is 39.6. The molecule has 43 heavy (non-hydrogen) atoms. The standard InChI is InChI=1S/C33H44N4O6/c1-4-16-36(33(40)43-22-24-10-12-29(13-11-24)37(41)42)28-14-17-35(18-15-28)21-26-19-27(34-31(23(2)3)32(38)39)20-30(26)25-8-6-5-7-9-25/h4-13,23,26-28,30-31,34H,1,14-22H2,2-3H3,(H,38,39). The van der Waals surface area contributed by atoms with E-state index in [1.807, 2.05) is 19.9 Å². The summed E-state index contributed by atoms with van der Waals surface area (Å²) in [6.07, 6.45) is 4.77. The van der Waals surface area contributed by atoms with Crippen LogP contribution in [0, 0.1) is 22.0 Å². The number of non-ortho nitro benzene ring substituents is 1. The van der Waals surface area contributed by atoms with Gasteiger partial charge >= 0.3 is 12.1 Å². The number of carboxylic acids is 1. The van der Waals surface area contributed by atoms with Gasteiger partial charge in [-0.05, 0) is 66.7 Å². The maximum Gasteiger partial charge on any atom is 0.410 e. The Morgan fingerprint density at radius 2 is 1.81 bits per heavy atom. The van der Waals surface area contributed by atoms with E-state index in [1.165, 1.54) is 17.7 Å². The van der Waals surface area contributed by atoms with Crippen LogP contribution in [0.3, 0.4) is 0 Å². The number of likely N-dealkylation sites (tertiary alicyclic amines) is 1. The van der Waals surface area contributed by atoms with Crippen molar-refractivity contribution in [1.82, 2.24) is 15.1 Å². The van der Waals surface area contributed by atoms with Crippen LogP contribution in [0.25, 0.3) is 0 Å². The number of rotatable bonds is 13. The van der Waals surface area contributed by atoms with Gasteiger partial charge in [-0.1, -0.05) is 50.3 Å². The largest absolute Gasteiger partial charge is 0.480 e. The topological polar surface area (TPSA) is 125 Å². The number of nitrogens with zero attached hydrogens (tertiary/aromatic N) is 3. The van der Waals surface area contributed by atoms with Crippen molar-refractivity contribution in [2.24, 2.45) is 11.8 Å². The summed E-state index contributed by atoms with van der Waals surface area (Å²) >= 11 is 0. The number of aliphatic carboxylic acids is 1. The molecule has 1 heterocycles. The van der Waals surface area contributed by atoms with Crippen LogP contribution in [0.4, 0.5) is 10.5 Å². The van der Waals surface area contributed by atoms with Crippen molar-refractivity contribution in [3.05, 3.63) is 88.5 Å². The van der Waals surface area contributed by atoms with Crippen molar-refractivity contribution in [3.8, 4) is 0 Å². The maximum absolute atomic E-state index is 13.0. The van der Waals surface area contributed by atoms with Gasteiger partial charge in [0.2, 0.25) is 0 Å². The van der Waals surface area contributed by atoms with E-state index < -0.39 is 23.0 Å². The third kappa shape index (κ3) is 8.64. The van der Waals surface area contributed by atoms with Crippen molar-refractivity contribution in [3.63, 3.8) is 0 Å². The lowest BCUT2D eigenvalue weighted by atomic mass is 9.88. The zero-order valence-electron chi connectivity index (χ0n) is 25.1. The van der Waals surface area contributed by atoms with Gasteiger partial charge in [-0.15, -0.1) is 6.58 Å². The van der Waals surface area contributed by atoms with E-state index in [0.717, 1.165) is 45.3 Å². The van der Waals surface area contributed by atoms with E-state index >= 15 is 0 Å². The van der Waals surface area contributed by atoms with Gasteiger partial charge in [0, 0.05) is 50.4 Å². The lowest BCUT2D eigenvalue weighted by molar-refractivity contribution is -0.384. The molecule has 0 radical (unpaired) electrons. The van der Waals surface area contributed by atoms with Crippen molar-refractivity contribution < 1.29 is 24.4 Å². The van der Waals surface area contributed by atoms with Crippen LogP contribution in [0.1, 0.15) is 56.6 Å². The highest BCUT2D eigenvalue weighted by atomic mass is 16.6. The van der Waals surface area contributed by atoms with E-state index in [-0.39, 0.29) is 30.3 Å². The number of carbonyl (C=O) groups is 2. The van der Waals surface area contributed by atoms with Gasteiger partial charge in [0.1, 0.15) is 12.6 Å². The molecule has 0 spiro atoms. The molecule has 10 heteroatoms. The van der Waals surface area contributed by atoms with Crippen molar-refractivity contribution >= 4 is 17.7 Å². The Hall–Kier alpha value is -3.76. The Labute approximate surface area is 253 Å². The number of benzene rings is 2. The number of piperidine rings is 1. The second-order valence-electron chi connectivity index (χ2n) is 12.1. The molecule has 1 aliphatic heterocycles. The van der Waals surface area contributed by atoms with Crippen LogP contribution >= 0.6 is 0 Å². The SMILES string of the molecule is C=CCN(C(=O)OCc1ccc([N+](=O)[O-])cc1)C1CCN(CC2CC(NC(C(=O)O)C(C)C)CC2c2ccccc2)CC1. The quantitative estimate of drug-likeness (QED) is 0.179. The number of carbonyl (C=O) groups excluding carboxylic acids is 1. The van der Waals surface area contributed by atoms with E-state index in [9.17, 15) is 24.8 Å². The number of nitro groups is 1. The van der Waals surface area contributed by atoms with Crippen molar-refractivity contribution in [2.45, 2.75) is 70.2 Å². The number of hydrogen-bond acceptors (Lipinski definition) is 7. The number of nitro benzene ring substituents is 1. The molecule has 4 atom stereocenters. The van der Waals surface area contributed by atoms with Gasteiger partial charge in [-0.25, -0.2) is 4.79 Å². The Kier molecular flexibility index (Phi) is 11.3. The van der Waals surface area contributed by atoms with Gasteiger partial charge in [-0.3, -0.25) is 14.9 Å². The molecular formula is C33H44N4O6. The number of ether oxygens (including phenoxy) is 1. The Morgan fingerprint density at radius 1 is 1.14 bits per heavy atom. The molecule has 4 unspecified atom stereocenters. The highest BCUT2D eigenvalue weighted by Crippen LogP contribution is 2.41. The zero-order chi connectivity index (χ0) is 30.9. The first-order chi connectivity index (χ1) is 20.7. The summed E-state index contributed by atoms with van der Waals surface area (Å²) in [7, 11) is 0. The lowest BCUT2D eigenvalue weighted by Gasteiger charge is -2.39. The number of nitrogens with one attached hydrogen (secondary N) is 1. The molecule has 1 saturated heterocycles. The summed E-state index contributed by atoms with van der Waals surface area (Å²) in [5.74, 6) is -0.0455. The average Bonchev–Trinajstić information content (AvgIpc) is 3.40. The smallest absolute Gasteiger partial charge is 0.410 e. The molecule has 0 aromatic heterocycles. The lowest BCUT2D eigenvalue weighted by Crippen LogP contribution is -2.48. The van der Waals surface area contributed by atoms with Gasteiger partial charge in [0.25, 0.3) is 5.69 Å². The first kappa shape index (κ1) is 32.2. The first-order valence-corrected chi connectivity index (χ1v) is 15.2. The molecule has 2 fully saturated rings. The molecule has 0 bridgehead atoms. The minimum atomic E-state index is -0.799. The number of carboxylic acid groups (broad SMARTS) is 1. The predicted octanol–water partition coefficient (Wildman–Crippen LogP) is 5.45. The van der Waals surface area contributed by atoms with Crippen LogP contribution < -0.4 is 5.32 Å². The minimum Gasteiger partial charge on any atom is -0.480 e. The van der Waals surface area contributed by atoms with E-state index in [4.69, 9.17) is 4.74 Å². The molecule has 1 saturated carbocycles. The van der Waals surface area contributed by atoms with Crippen LogP contribution in [0.5, 0.6) is 0 Å². The third-order valence-electron chi connectivity index (χ3n) is 8.83. The summed E-state index contributed by atoms with van der Waals surface area (Å²) in [5.41, 5.74) is 1.98. The highest BCUT2D eigenvalue weighted by Gasteiger charge is 2.39. The molecule has 2 aliphatic rings. The van der Waals surface area contributed by atoms with Gasteiger partial charge < -0.3 is 25.0 Å². The van der Waals surface area contributed by atoms with E-state index in [2.05, 4.69) is 41.1 Å². The van der Waals surface area contributed by atoms with Gasteiger partial charge in [0.15, 0.2) is 0 Å². The summed E-state index contributed by atoms with van der Waals surface area (Å²) in [6, 6.07) is 16.1. The fourth-order valence-corrected chi connectivity index (χ4v) is 6.57. The second-order valence-corrected chi connectivity index (χ2v) is 12.1. The highest BCUT2D eigenvalue weighted by molar-refractivity contribution is 5.73. The molecule has 2 N–H and O–H groups in total. The molecule has 2 aromatic carbocycles.